The maximum Gasteiger partial charge on any atom is 0.321 e. The average molecular weight is 276 g/mol. The Kier molecular flexibility index (Phi) is 4.45. The van der Waals surface area contributed by atoms with E-state index in [1.807, 2.05) is 13.8 Å². The molecule has 1 heterocycles. The van der Waals surface area contributed by atoms with Gasteiger partial charge in [0.25, 0.3) is 0 Å². The molecule has 0 saturated heterocycles. The van der Waals surface area contributed by atoms with Crippen molar-refractivity contribution in [2.24, 2.45) is 0 Å². The minimum absolute atomic E-state index is 0.241. The Bertz CT molecular complexity index is 604. The van der Waals surface area contributed by atoms with Crippen LogP contribution in [-0.2, 0) is 0 Å². The molecular weight excluding hydrogens is 259 g/mol. The second kappa shape index (κ2) is 6.27. The summed E-state index contributed by atoms with van der Waals surface area (Å²) in [5.74, 6) is 0.463. The van der Waals surface area contributed by atoms with Gasteiger partial charge in [-0.25, -0.2) is 4.39 Å². The van der Waals surface area contributed by atoms with Crippen LogP contribution in [0.5, 0.6) is 6.01 Å². The summed E-state index contributed by atoms with van der Waals surface area (Å²) in [7, 11) is 1.71. The molecule has 2 aromatic rings. The van der Waals surface area contributed by atoms with Crippen molar-refractivity contribution in [3.05, 3.63) is 29.6 Å². The molecule has 0 unspecified atom stereocenters. The molecule has 0 bridgehead atoms. The third-order valence-electron chi connectivity index (χ3n) is 2.71. The van der Waals surface area contributed by atoms with E-state index in [4.69, 9.17) is 4.74 Å². The van der Waals surface area contributed by atoms with Crippen LogP contribution < -0.4 is 10.1 Å². The van der Waals surface area contributed by atoms with Crippen molar-refractivity contribution in [3.8, 4) is 17.4 Å². The average Bonchev–Trinajstić information content (AvgIpc) is 2.47. The number of aryl methyl sites for hydroxylation is 1. The SMILES string of the molecule is CCCOc1nc(NC)nc(-c2cc(F)ccc2C)n1. The number of benzene rings is 1. The van der Waals surface area contributed by atoms with E-state index in [2.05, 4.69) is 20.3 Å². The number of hydrogen-bond acceptors (Lipinski definition) is 5. The Morgan fingerprint density at radius 3 is 2.75 bits per heavy atom. The molecule has 0 radical (unpaired) electrons. The molecule has 2 rings (SSSR count). The first-order valence-corrected chi connectivity index (χ1v) is 6.47. The van der Waals surface area contributed by atoms with Crippen LogP contribution in [0.1, 0.15) is 18.9 Å². The van der Waals surface area contributed by atoms with Crippen LogP contribution in [0.4, 0.5) is 10.3 Å². The molecule has 0 atom stereocenters. The van der Waals surface area contributed by atoms with Gasteiger partial charge in [-0.2, -0.15) is 15.0 Å². The second-order valence-electron chi connectivity index (χ2n) is 4.32. The van der Waals surface area contributed by atoms with Gasteiger partial charge in [0.05, 0.1) is 6.61 Å². The van der Waals surface area contributed by atoms with Gasteiger partial charge in [0.2, 0.25) is 5.95 Å². The first-order valence-electron chi connectivity index (χ1n) is 6.47. The minimum atomic E-state index is -0.326. The molecule has 0 spiro atoms. The number of nitrogens with one attached hydrogen (secondary N) is 1. The van der Waals surface area contributed by atoms with Gasteiger partial charge in [-0.3, -0.25) is 0 Å². The lowest BCUT2D eigenvalue weighted by atomic mass is 10.1. The summed E-state index contributed by atoms with van der Waals surface area (Å²) >= 11 is 0. The van der Waals surface area contributed by atoms with Gasteiger partial charge in [0.1, 0.15) is 5.82 Å². The van der Waals surface area contributed by atoms with Crippen molar-refractivity contribution in [1.82, 2.24) is 15.0 Å². The van der Waals surface area contributed by atoms with E-state index in [0.29, 0.717) is 23.9 Å². The second-order valence-corrected chi connectivity index (χ2v) is 4.32. The van der Waals surface area contributed by atoms with Crippen LogP contribution in [-0.4, -0.2) is 28.6 Å². The van der Waals surface area contributed by atoms with Gasteiger partial charge in [0, 0.05) is 12.6 Å². The maximum absolute atomic E-state index is 13.4. The molecule has 0 aliphatic rings. The van der Waals surface area contributed by atoms with E-state index in [1.165, 1.54) is 12.1 Å². The van der Waals surface area contributed by atoms with Crippen LogP contribution in [0.25, 0.3) is 11.4 Å². The topological polar surface area (TPSA) is 59.9 Å². The highest BCUT2D eigenvalue weighted by Gasteiger charge is 2.11. The first kappa shape index (κ1) is 14.2. The Morgan fingerprint density at radius 2 is 2.05 bits per heavy atom. The summed E-state index contributed by atoms with van der Waals surface area (Å²) in [5.41, 5.74) is 1.52. The van der Waals surface area contributed by atoms with Crippen molar-refractivity contribution < 1.29 is 9.13 Å². The normalized spacial score (nSPS) is 10.4. The summed E-state index contributed by atoms with van der Waals surface area (Å²) in [5, 5.41) is 2.85. The maximum atomic E-state index is 13.4. The van der Waals surface area contributed by atoms with E-state index in [-0.39, 0.29) is 11.8 Å². The van der Waals surface area contributed by atoms with Gasteiger partial charge >= 0.3 is 6.01 Å². The first-order chi connectivity index (χ1) is 9.63. The summed E-state index contributed by atoms with van der Waals surface area (Å²) in [4.78, 5) is 12.6. The fraction of sp³-hybridized carbons (Fsp3) is 0.357. The van der Waals surface area contributed by atoms with Crippen molar-refractivity contribution in [1.29, 1.82) is 0 Å². The Hall–Kier alpha value is -2.24. The smallest absolute Gasteiger partial charge is 0.321 e. The fourth-order valence-corrected chi connectivity index (χ4v) is 1.68. The number of ether oxygens (including phenoxy) is 1. The lowest BCUT2D eigenvalue weighted by molar-refractivity contribution is 0.292. The number of anilines is 1. The van der Waals surface area contributed by atoms with Gasteiger partial charge < -0.3 is 10.1 Å². The van der Waals surface area contributed by atoms with Gasteiger partial charge in [0.15, 0.2) is 5.82 Å². The molecule has 0 saturated carbocycles. The highest BCUT2D eigenvalue weighted by Crippen LogP contribution is 2.23. The molecule has 1 aromatic heterocycles. The number of halogens is 1. The molecule has 6 heteroatoms. The lowest BCUT2D eigenvalue weighted by Crippen LogP contribution is -2.06. The number of nitrogens with zero attached hydrogens (tertiary/aromatic N) is 3. The molecule has 0 fully saturated rings. The van der Waals surface area contributed by atoms with Crippen molar-refractivity contribution in [3.63, 3.8) is 0 Å². The van der Waals surface area contributed by atoms with Crippen LogP contribution in [0.15, 0.2) is 18.2 Å². The van der Waals surface area contributed by atoms with Gasteiger partial charge in [-0.1, -0.05) is 13.0 Å². The molecule has 20 heavy (non-hydrogen) atoms. The zero-order valence-electron chi connectivity index (χ0n) is 11.8. The minimum Gasteiger partial charge on any atom is -0.463 e. The number of rotatable bonds is 5. The number of hydrogen-bond donors (Lipinski definition) is 1. The summed E-state index contributed by atoms with van der Waals surface area (Å²) in [6.07, 6.45) is 0.856. The van der Waals surface area contributed by atoms with Crippen LogP contribution in [0.2, 0.25) is 0 Å². The van der Waals surface area contributed by atoms with E-state index in [9.17, 15) is 4.39 Å². The summed E-state index contributed by atoms with van der Waals surface area (Å²) < 4.78 is 18.8. The highest BCUT2D eigenvalue weighted by molar-refractivity contribution is 5.61. The molecule has 0 amide bonds. The summed E-state index contributed by atoms with van der Waals surface area (Å²) in [6, 6.07) is 4.76. The zero-order chi connectivity index (χ0) is 14.5. The van der Waals surface area contributed by atoms with Crippen molar-refractivity contribution >= 4 is 5.95 Å². The largest absolute Gasteiger partial charge is 0.463 e. The predicted molar refractivity (Wildman–Crippen MR) is 75.3 cm³/mol. The Morgan fingerprint density at radius 1 is 1.25 bits per heavy atom. The van der Waals surface area contributed by atoms with E-state index in [1.54, 1.807) is 13.1 Å². The summed E-state index contributed by atoms with van der Waals surface area (Å²) in [6.45, 7) is 4.40. The van der Waals surface area contributed by atoms with Crippen molar-refractivity contribution in [2.75, 3.05) is 19.0 Å². The highest BCUT2D eigenvalue weighted by atomic mass is 19.1. The molecular formula is C14H17FN4O. The zero-order valence-corrected chi connectivity index (χ0v) is 11.8. The van der Waals surface area contributed by atoms with Crippen LogP contribution >= 0.6 is 0 Å². The standard InChI is InChI=1S/C14H17FN4O/c1-4-7-20-14-18-12(17-13(16-3)19-14)11-8-10(15)6-5-9(11)2/h5-6,8H,4,7H2,1-3H3,(H,16,17,18,19). The van der Waals surface area contributed by atoms with Crippen molar-refractivity contribution in [2.45, 2.75) is 20.3 Å². The molecule has 106 valence electrons. The van der Waals surface area contributed by atoms with Gasteiger partial charge in [-0.05, 0) is 31.0 Å². The van der Waals surface area contributed by atoms with E-state index >= 15 is 0 Å². The number of aromatic nitrogens is 3. The molecule has 0 aliphatic heterocycles. The molecule has 1 N–H and O–H groups in total. The Labute approximate surface area is 117 Å². The molecule has 0 aliphatic carbocycles. The molecule has 5 nitrogen and oxygen atoms in total. The van der Waals surface area contributed by atoms with E-state index in [0.717, 1.165) is 12.0 Å². The lowest BCUT2D eigenvalue weighted by Gasteiger charge is -2.09. The van der Waals surface area contributed by atoms with Gasteiger partial charge in [-0.15, -0.1) is 0 Å². The molecule has 1 aromatic carbocycles. The fourth-order valence-electron chi connectivity index (χ4n) is 1.68. The quantitative estimate of drug-likeness (QED) is 0.910. The third-order valence-corrected chi connectivity index (χ3v) is 2.71. The monoisotopic (exact) mass is 276 g/mol. The van der Waals surface area contributed by atoms with Crippen LogP contribution in [0, 0.1) is 12.7 Å². The van der Waals surface area contributed by atoms with E-state index < -0.39 is 0 Å². The predicted octanol–water partition coefficient (Wildman–Crippen LogP) is 2.82. The van der Waals surface area contributed by atoms with Crippen LogP contribution in [0.3, 0.4) is 0 Å². The third kappa shape index (κ3) is 3.20. The Balaban J connectivity index is 2.46.